The molecule has 0 aromatic heterocycles. The number of nitrogens with zero attached hydrogens (tertiary/aromatic N) is 4. The van der Waals surface area contributed by atoms with Gasteiger partial charge in [-0.3, -0.25) is 14.4 Å². The predicted molar refractivity (Wildman–Crippen MR) is 179 cm³/mol. The molecular formula is C35H43N5O9. The Bertz CT molecular complexity index is 1610. The van der Waals surface area contributed by atoms with E-state index in [9.17, 15) is 34.3 Å². The molecule has 2 saturated heterocycles. The average Bonchev–Trinajstić information content (AvgIpc) is 3.02. The molecule has 5 amide bonds. The summed E-state index contributed by atoms with van der Waals surface area (Å²) in [5.74, 6) is -1.67. The molecule has 4 rings (SSSR count). The molecule has 0 saturated carbocycles. The smallest absolute Gasteiger partial charge is 0.420 e. The zero-order valence-electron chi connectivity index (χ0n) is 28.6. The number of piperidine rings is 1. The average molecular weight is 678 g/mol. The Labute approximate surface area is 285 Å². The Kier molecular flexibility index (Phi) is 11.3. The molecule has 262 valence electrons. The number of anilines is 3. The number of carbonyl (C=O) groups is 5. The normalized spacial score (nSPS) is 17.6. The van der Waals surface area contributed by atoms with Gasteiger partial charge < -0.3 is 34.4 Å². The van der Waals surface area contributed by atoms with Crippen molar-refractivity contribution in [1.82, 2.24) is 4.90 Å². The molecule has 0 radical (unpaired) electrons. The lowest BCUT2D eigenvalue weighted by molar-refractivity contribution is -0.150. The third-order valence-corrected chi connectivity index (χ3v) is 7.51. The molecule has 0 unspecified atom stereocenters. The summed E-state index contributed by atoms with van der Waals surface area (Å²) >= 11 is 0. The third kappa shape index (κ3) is 9.33. The number of rotatable bonds is 7. The summed E-state index contributed by atoms with van der Waals surface area (Å²) in [6.45, 7) is 10.1. The van der Waals surface area contributed by atoms with Gasteiger partial charge in [-0.2, -0.15) is 5.26 Å². The topological polar surface area (TPSA) is 179 Å². The summed E-state index contributed by atoms with van der Waals surface area (Å²) in [5, 5.41) is 23.3. The van der Waals surface area contributed by atoms with Gasteiger partial charge in [-0.05, 0) is 90.3 Å². The first kappa shape index (κ1) is 36.8. The van der Waals surface area contributed by atoms with E-state index in [1.807, 2.05) is 6.07 Å². The fourth-order valence-corrected chi connectivity index (χ4v) is 5.33. The van der Waals surface area contributed by atoms with Gasteiger partial charge in [-0.1, -0.05) is 12.1 Å². The summed E-state index contributed by atoms with van der Waals surface area (Å²) in [4.78, 5) is 69.5. The fraction of sp³-hybridized carbons (Fsp3) is 0.486. The molecule has 2 heterocycles. The number of imide groups is 1. The second kappa shape index (κ2) is 15.0. The molecule has 0 bridgehead atoms. The summed E-state index contributed by atoms with van der Waals surface area (Å²) < 4.78 is 16.4. The van der Waals surface area contributed by atoms with E-state index in [0.29, 0.717) is 29.2 Å². The van der Waals surface area contributed by atoms with E-state index in [1.165, 1.54) is 23.1 Å². The minimum Gasteiger partial charge on any atom is -0.443 e. The maximum atomic E-state index is 13.7. The van der Waals surface area contributed by atoms with Crippen molar-refractivity contribution < 1.29 is 43.3 Å². The summed E-state index contributed by atoms with van der Waals surface area (Å²) in [6.07, 6.45) is -3.45. The molecule has 2 N–H and O–H groups in total. The molecule has 2 aromatic rings. The zero-order chi connectivity index (χ0) is 36.1. The van der Waals surface area contributed by atoms with Crippen LogP contribution in [-0.2, 0) is 35.1 Å². The Morgan fingerprint density at radius 1 is 0.980 bits per heavy atom. The SMILES string of the molecule is CC(C)(C)OC(=O)N(Cc1cc(NC(=O)[C@H](O)[C@H]2OCCN(c3ccccc3N3CCCCC3=O)C2=O)ccc1C#N)C(=O)OC(C)(C)C. The third-order valence-electron chi connectivity index (χ3n) is 7.51. The fourth-order valence-electron chi connectivity index (χ4n) is 5.33. The Balaban J connectivity index is 1.54. The highest BCUT2D eigenvalue weighted by Gasteiger charge is 2.41. The van der Waals surface area contributed by atoms with Crippen molar-refractivity contribution >= 4 is 47.0 Å². The van der Waals surface area contributed by atoms with Crippen LogP contribution in [0, 0.1) is 11.3 Å². The number of nitriles is 1. The predicted octanol–water partition coefficient (Wildman–Crippen LogP) is 4.48. The van der Waals surface area contributed by atoms with Crippen molar-refractivity contribution in [1.29, 1.82) is 5.26 Å². The van der Waals surface area contributed by atoms with Crippen molar-refractivity contribution in [3.63, 3.8) is 0 Å². The standard InChI is InChI=1S/C35H43N5O9/c1-34(2,3)48-32(45)40(33(46)49-35(4,5)6)21-23-19-24(15-14-22(23)20-36)37-30(43)28(42)29-31(44)39(17-18-47-29)26-12-8-7-11-25(26)38-16-10-9-13-27(38)41/h7-8,11-12,14-15,19,28-29,42H,9-10,13,16-18,21H2,1-6H3,(H,37,43)/t28-,29-/m1/s1. The van der Waals surface area contributed by atoms with Crippen LogP contribution in [0.5, 0.6) is 0 Å². The summed E-state index contributed by atoms with van der Waals surface area (Å²) in [5.41, 5.74) is -0.461. The van der Waals surface area contributed by atoms with Crippen LogP contribution in [0.4, 0.5) is 26.7 Å². The minimum absolute atomic E-state index is 0.0230. The number of hydrogen-bond donors (Lipinski definition) is 2. The van der Waals surface area contributed by atoms with Gasteiger partial charge in [0.15, 0.2) is 12.2 Å². The molecule has 2 atom stereocenters. The molecule has 14 nitrogen and oxygen atoms in total. The largest absolute Gasteiger partial charge is 0.443 e. The van der Waals surface area contributed by atoms with Gasteiger partial charge >= 0.3 is 12.2 Å². The van der Waals surface area contributed by atoms with Crippen molar-refractivity contribution in [2.24, 2.45) is 0 Å². The van der Waals surface area contributed by atoms with Gasteiger partial charge in [0.2, 0.25) is 5.91 Å². The van der Waals surface area contributed by atoms with Crippen molar-refractivity contribution in [2.75, 3.05) is 34.8 Å². The number of amides is 5. The van der Waals surface area contributed by atoms with E-state index in [2.05, 4.69) is 5.32 Å². The zero-order valence-corrected chi connectivity index (χ0v) is 28.6. The number of para-hydroxylation sites is 2. The van der Waals surface area contributed by atoms with Gasteiger partial charge in [-0.25, -0.2) is 14.5 Å². The van der Waals surface area contributed by atoms with E-state index >= 15 is 0 Å². The monoisotopic (exact) mass is 677 g/mol. The summed E-state index contributed by atoms with van der Waals surface area (Å²) in [6, 6.07) is 13.1. The first-order chi connectivity index (χ1) is 23.0. The maximum absolute atomic E-state index is 13.7. The highest BCUT2D eigenvalue weighted by molar-refractivity contribution is 6.07. The molecule has 2 fully saturated rings. The van der Waals surface area contributed by atoms with E-state index in [4.69, 9.17) is 14.2 Å². The number of morpholine rings is 1. The van der Waals surface area contributed by atoms with Crippen LogP contribution in [0.25, 0.3) is 0 Å². The van der Waals surface area contributed by atoms with Gasteiger partial charge in [0.25, 0.3) is 11.8 Å². The number of aliphatic hydroxyl groups excluding tert-OH is 1. The maximum Gasteiger partial charge on any atom is 0.420 e. The lowest BCUT2D eigenvalue weighted by Gasteiger charge is -2.37. The van der Waals surface area contributed by atoms with Crippen molar-refractivity contribution in [2.45, 2.75) is 90.8 Å². The number of nitrogens with one attached hydrogen (secondary N) is 1. The first-order valence-electron chi connectivity index (χ1n) is 16.1. The molecular weight excluding hydrogens is 634 g/mol. The lowest BCUT2D eigenvalue weighted by atomic mass is 10.1. The van der Waals surface area contributed by atoms with E-state index < -0.39 is 54.0 Å². The summed E-state index contributed by atoms with van der Waals surface area (Å²) in [7, 11) is 0. The lowest BCUT2D eigenvalue weighted by Crippen LogP contribution is -2.55. The van der Waals surface area contributed by atoms with Crippen LogP contribution >= 0.6 is 0 Å². The van der Waals surface area contributed by atoms with Crippen LogP contribution < -0.4 is 15.1 Å². The van der Waals surface area contributed by atoms with Crippen LogP contribution in [0.15, 0.2) is 42.5 Å². The first-order valence-corrected chi connectivity index (χ1v) is 16.1. The second-order valence-corrected chi connectivity index (χ2v) is 13.7. The number of ether oxygens (including phenoxy) is 3. The minimum atomic E-state index is -1.93. The highest BCUT2D eigenvalue weighted by Crippen LogP contribution is 2.34. The Hall–Kier alpha value is -5.00. The van der Waals surface area contributed by atoms with Crippen LogP contribution in [0.2, 0.25) is 0 Å². The van der Waals surface area contributed by atoms with E-state index in [1.54, 1.807) is 70.7 Å². The molecule has 0 aliphatic carbocycles. The van der Waals surface area contributed by atoms with Gasteiger partial charge in [0.05, 0.1) is 36.2 Å². The second-order valence-electron chi connectivity index (χ2n) is 13.7. The van der Waals surface area contributed by atoms with E-state index in [-0.39, 0.29) is 35.9 Å². The van der Waals surface area contributed by atoms with Crippen molar-refractivity contribution in [3.8, 4) is 6.07 Å². The molecule has 2 aromatic carbocycles. The number of benzene rings is 2. The molecule has 0 spiro atoms. The number of aliphatic hydroxyl groups is 1. The quantitative estimate of drug-likeness (QED) is 0.425. The number of carbonyl (C=O) groups excluding carboxylic acids is 5. The van der Waals surface area contributed by atoms with Crippen LogP contribution in [0.1, 0.15) is 71.9 Å². The van der Waals surface area contributed by atoms with Crippen LogP contribution in [-0.4, -0.2) is 83.0 Å². The Morgan fingerprint density at radius 3 is 2.16 bits per heavy atom. The highest BCUT2D eigenvalue weighted by atomic mass is 16.6. The molecule has 49 heavy (non-hydrogen) atoms. The van der Waals surface area contributed by atoms with Crippen LogP contribution in [0.3, 0.4) is 0 Å². The Morgan fingerprint density at radius 2 is 1.59 bits per heavy atom. The molecule has 2 aliphatic rings. The number of hydrogen-bond acceptors (Lipinski definition) is 10. The molecule has 2 aliphatic heterocycles. The molecule has 14 heteroatoms. The van der Waals surface area contributed by atoms with Gasteiger partial charge in [-0.15, -0.1) is 0 Å². The van der Waals surface area contributed by atoms with Gasteiger partial charge in [0.1, 0.15) is 11.2 Å². The van der Waals surface area contributed by atoms with E-state index in [0.717, 1.165) is 12.8 Å². The van der Waals surface area contributed by atoms with Gasteiger partial charge in [0, 0.05) is 25.2 Å². The van der Waals surface area contributed by atoms with Crippen molar-refractivity contribution in [3.05, 3.63) is 53.6 Å².